The number of benzene rings is 1. The normalized spacial score (nSPS) is 14.4. The zero-order chi connectivity index (χ0) is 12.7. The Morgan fingerprint density at radius 3 is 2.35 bits per heavy atom. The molecule has 0 bridgehead atoms. The lowest BCUT2D eigenvalue weighted by atomic mass is 9.92. The molecule has 0 aromatic heterocycles. The summed E-state index contributed by atoms with van der Waals surface area (Å²) in [6, 6.07) is 8.66. The van der Waals surface area contributed by atoms with Crippen molar-refractivity contribution < 1.29 is 4.74 Å². The Kier molecular flexibility index (Phi) is 6.06. The van der Waals surface area contributed by atoms with E-state index >= 15 is 0 Å². The number of ether oxygens (including phenoxy) is 1. The number of aryl methyl sites for hydroxylation is 1. The van der Waals surface area contributed by atoms with Gasteiger partial charge in [0.25, 0.3) is 0 Å². The van der Waals surface area contributed by atoms with Gasteiger partial charge in [-0.15, -0.1) is 0 Å². The third-order valence-corrected chi connectivity index (χ3v) is 3.40. The van der Waals surface area contributed by atoms with Gasteiger partial charge in [0, 0.05) is 6.04 Å². The first-order valence-electron chi connectivity index (χ1n) is 6.55. The van der Waals surface area contributed by atoms with Crippen LogP contribution in [0.2, 0.25) is 0 Å². The monoisotopic (exact) mass is 235 g/mol. The zero-order valence-electron chi connectivity index (χ0n) is 11.3. The van der Waals surface area contributed by atoms with E-state index in [2.05, 4.69) is 26.0 Å². The Morgan fingerprint density at radius 1 is 1.18 bits per heavy atom. The Labute approximate surface area is 105 Å². The molecule has 0 amide bonds. The minimum absolute atomic E-state index is 0.346. The van der Waals surface area contributed by atoms with Crippen LogP contribution in [0.15, 0.2) is 24.3 Å². The molecule has 0 aliphatic rings. The highest BCUT2D eigenvalue weighted by atomic mass is 16.5. The number of methoxy groups -OCH3 is 1. The maximum atomic E-state index is 6.12. The molecule has 1 aromatic carbocycles. The van der Waals surface area contributed by atoms with E-state index in [0.717, 1.165) is 25.0 Å². The summed E-state index contributed by atoms with van der Waals surface area (Å²) in [5.41, 5.74) is 7.48. The molecule has 0 fully saturated rings. The fourth-order valence-electron chi connectivity index (χ4n) is 2.02. The fraction of sp³-hybridized carbons (Fsp3) is 0.600. The van der Waals surface area contributed by atoms with Crippen LogP contribution in [0.4, 0.5) is 0 Å². The van der Waals surface area contributed by atoms with E-state index in [-0.39, 0.29) is 0 Å². The summed E-state index contributed by atoms with van der Waals surface area (Å²) in [5.74, 6) is 1.52. The molecule has 0 heterocycles. The first kappa shape index (κ1) is 14.0. The lowest BCUT2D eigenvalue weighted by Gasteiger charge is -2.19. The van der Waals surface area contributed by atoms with Crippen LogP contribution >= 0.6 is 0 Å². The SMILES string of the molecule is CCCC(N)C(C)CCc1ccc(OC)cc1. The molecule has 0 spiro atoms. The number of hydrogen-bond acceptors (Lipinski definition) is 2. The van der Waals surface area contributed by atoms with Crippen LogP contribution in [0, 0.1) is 5.92 Å². The summed E-state index contributed by atoms with van der Waals surface area (Å²) in [7, 11) is 1.70. The lowest BCUT2D eigenvalue weighted by Crippen LogP contribution is -2.28. The molecule has 0 aliphatic carbocycles. The number of rotatable bonds is 7. The largest absolute Gasteiger partial charge is 0.497 e. The van der Waals surface area contributed by atoms with Crippen molar-refractivity contribution in [3.8, 4) is 5.75 Å². The van der Waals surface area contributed by atoms with E-state index in [1.165, 1.54) is 12.0 Å². The summed E-state index contributed by atoms with van der Waals surface area (Å²) in [6.07, 6.45) is 4.56. The minimum Gasteiger partial charge on any atom is -0.497 e. The lowest BCUT2D eigenvalue weighted by molar-refractivity contribution is 0.402. The smallest absolute Gasteiger partial charge is 0.118 e. The maximum Gasteiger partial charge on any atom is 0.118 e. The molecule has 0 radical (unpaired) electrons. The van der Waals surface area contributed by atoms with E-state index < -0.39 is 0 Å². The quantitative estimate of drug-likeness (QED) is 0.786. The molecule has 0 aliphatic heterocycles. The van der Waals surface area contributed by atoms with Crippen molar-refractivity contribution in [3.05, 3.63) is 29.8 Å². The van der Waals surface area contributed by atoms with Gasteiger partial charge >= 0.3 is 0 Å². The van der Waals surface area contributed by atoms with Gasteiger partial charge in [-0.05, 0) is 42.9 Å². The second kappa shape index (κ2) is 7.33. The third-order valence-electron chi connectivity index (χ3n) is 3.40. The highest BCUT2D eigenvalue weighted by Crippen LogP contribution is 2.17. The molecule has 2 atom stereocenters. The molecule has 17 heavy (non-hydrogen) atoms. The Morgan fingerprint density at radius 2 is 1.82 bits per heavy atom. The van der Waals surface area contributed by atoms with Crippen LogP contribution in [-0.4, -0.2) is 13.2 Å². The molecule has 2 nitrogen and oxygen atoms in total. The number of hydrogen-bond donors (Lipinski definition) is 1. The van der Waals surface area contributed by atoms with Crippen molar-refractivity contribution in [3.63, 3.8) is 0 Å². The molecular weight excluding hydrogens is 210 g/mol. The first-order chi connectivity index (χ1) is 8.17. The van der Waals surface area contributed by atoms with Gasteiger partial charge in [-0.1, -0.05) is 32.4 Å². The molecule has 2 N–H and O–H groups in total. The molecule has 2 unspecified atom stereocenters. The molecule has 96 valence electrons. The van der Waals surface area contributed by atoms with Gasteiger partial charge in [0.1, 0.15) is 5.75 Å². The Bertz CT molecular complexity index is 307. The summed E-state index contributed by atoms with van der Waals surface area (Å²) in [6.45, 7) is 4.44. The van der Waals surface area contributed by atoms with Crippen molar-refractivity contribution in [2.75, 3.05) is 7.11 Å². The van der Waals surface area contributed by atoms with Crippen molar-refractivity contribution in [2.24, 2.45) is 11.7 Å². The van der Waals surface area contributed by atoms with E-state index in [0.29, 0.717) is 12.0 Å². The van der Waals surface area contributed by atoms with Crippen molar-refractivity contribution >= 4 is 0 Å². The summed E-state index contributed by atoms with van der Waals surface area (Å²) in [4.78, 5) is 0. The van der Waals surface area contributed by atoms with Gasteiger partial charge in [0.05, 0.1) is 7.11 Å². The second-order valence-electron chi connectivity index (χ2n) is 4.82. The Hall–Kier alpha value is -1.02. The second-order valence-corrected chi connectivity index (χ2v) is 4.82. The molecule has 1 rings (SSSR count). The van der Waals surface area contributed by atoms with Gasteiger partial charge in [-0.2, -0.15) is 0 Å². The van der Waals surface area contributed by atoms with Crippen LogP contribution in [0.25, 0.3) is 0 Å². The summed E-state index contributed by atoms with van der Waals surface area (Å²) >= 11 is 0. The molecular formula is C15H25NO. The highest BCUT2D eigenvalue weighted by molar-refractivity contribution is 5.27. The fourth-order valence-corrected chi connectivity index (χ4v) is 2.02. The van der Waals surface area contributed by atoms with Gasteiger partial charge < -0.3 is 10.5 Å². The van der Waals surface area contributed by atoms with Gasteiger partial charge in [0.2, 0.25) is 0 Å². The van der Waals surface area contributed by atoms with Crippen molar-refractivity contribution in [2.45, 2.75) is 45.6 Å². The highest BCUT2D eigenvalue weighted by Gasteiger charge is 2.11. The van der Waals surface area contributed by atoms with E-state index in [1.54, 1.807) is 7.11 Å². The summed E-state index contributed by atoms with van der Waals surface area (Å²) in [5, 5.41) is 0. The van der Waals surface area contributed by atoms with Crippen molar-refractivity contribution in [1.29, 1.82) is 0 Å². The predicted molar refractivity (Wildman–Crippen MR) is 73.4 cm³/mol. The van der Waals surface area contributed by atoms with Crippen LogP contribution in [0.5, 0.6) is 5.75 Å². The molecule has 1 aromatic rings. The third kappa shape index (κ3) is 4.78. The van der Waals surface area contributed by atoms with Gasteiger partial charge in [0.15, 0.2) is 0 Å². The van der Waals surface area contributed by atoms with E-state index in [4.69, 9.17) is 10.5 Å². The van der Waals surface area contributed by atoms with Crippen LogP contribution in [-0.2, 0) is 6.42 Å². The topological polar surface area (TPSA) is 35.2 Å². The average Bonchev–Trinajstić information content (AvgIpc) is 2.36. The standard InChI is InChI=1S/C15H25NO/c1-4-5-15(16)12(2)6-7-13-8-10-14(17-3)11-9-13/h8-12,15H,4-7,16H2,1-3H3. The van der Waals surface area contributed by atoms with Gasteiger partial charge in [-0.25, -0.2) is 0 Å². The first-order valence-corrected chi connectivity index (χ1v) is 6.55. The van der Waals surface area contributed by atoms with Gasteiger partial charge in [-0.3, -0.25) is 0 Å². The molecule has 2 heteroatoms. The van der Waals surface area contributed by atoms with Crippen LogP contribution in [0.3, 0.4) is 0 Å². The van der Waals surface area contributed by atoms with E-state index in [9.17, 15) is 0 Å². The van der Waals surface area contributed by atoms with Crippen LogP contribution in [0.1, 0.15) is 38.7 Å². The van der Waals surface area contributed by atoms with Crippen molar-refractivity contribution in [1.82, 2.24) is 0 Å². The summed E-state index contributed by atoms with van der Waals surface area (Å²) < 4.78 is 5.14. The average molecular weight is 235 g/mol. The maximum absolute atomic E-state index is 6.12. The number of nitrogens with two attached hydrogens (primary N) is 1. The van der Waals surface area contributed by atoms with Crippen LogP contribution < -0.4 is 10.5 Å². The van der Waals surface area contributed by atoms with E-state index in [1.807, 2.05) is 12.1 Å². The minimum atomic E-state index is 0.346. The molecule has 0 saturated carbocycles. The molecule has 0 saturated heterocycles. The zero-order valence-corrected chi connectivity index (χ0v) is 11.3. The predicted octanol–water partition coefficient (Wildman–Crippen LogP) is 3.39. The Balaban J connectivity index is 2.38.